The molecule has 0 radical (unpaired) electrons. The predicted molar refractivity (Wildman–Crippen MR) is 205 cm³/mol. The number of halogens is 1. The van der Waals surface area contributed by atoms with E-state index in [9.17, 15) is 0 Å². The van der Waals surface area contributed by atoms with Gasteiger partial charge < -0.3 is 32.9 Å². The Balaban J connectivity index is 0.0000202. The molecule has 0 spiro atoms. The second-order valence-corrected chi connectivity index (χ2v) is 16.5. The smallest absolute Gasteiger partial charge is 0.128 e. The Hall–Kier alpha value is 0.650. The lowest BCUT2D eigenvalue weighted by molar-refractivity contribution is -0.946. The fourth-order valence-electron chi connectivity index (χ4n) is 8.07. The normalized spacial score (nSPS) is 20.1. The predicted octanol–water partition coefficient (Wildman–Crippen LogP) is 10.8. The van der Waals surface area contributed by atoms with Gasteiger partial charge in [0.05, 0.1) is 40.3 Å². The van der Waals surface area contributed by atoms with Gasteiger partial charge in [-0.15, -0.1) is 0 Å². The molecule has 0 aliphatic carbocycles. The van der Waals surface area contributed by atoms with Crippen molar-refractivity contribution in [1.29, 1.82) is 0 Å². The molecule has 2 atom stereocenters. The Morgan fingerprint density at radius 3 is 0.696 bits per heavy atom. The topological polar surface area (TPSA) is 0 Å². The van der Waals surface area contributed by atoms with Crippen LogP contribution in [0.5, 0.6) is 0 Å². The molecule has 0 aromatic heterocycles. The monoisotopic (exact) mass is 762 g/mol. The van der Waals surface area contributed by atoms with Gasteiger partial charge >= 0.3 is 0 Å². The van der Waals surface area contributed by atoms with E-state index < -0.39 is 0 Å². The van der Waals surface area contributed by atoms with Crippen molar-refractivity contribution in [3.05, 3.63) is 0 Å². The fraction of sp³-hybridized carbons (Fsp3) is 1.00. The number of hydrogen-bond acceptors (Lipinski definition) is 0. The number of nitrogens with zero attached hydrogens (tertiary/aromatic N) is 2. The number of hydrogen-bond donors (Lipinski definition) is 0. The first-order valence-electron chi connectivity index (χ1n) is 21.7. The second-order valence-electron chi connectivity index (χ2n) is 16.5. The zero-order valence-corrected chi connectivity index (χ0v) is 35.0. The van der Waals surface area contributed by atoms with E-state index in [-0.39, 0.29) is 24.0 Å². The first-order chi connectivity index (χ1) is 22.0. The molecular weight excluding hydrogens is 671 g/mol. The van der Waals surface area contributed by atoms with Crippen molar-refractivity contribution in [2.45, 2.75) is 226 Å². The van der Waals surface area contributed by atoms with Gasteiger partial charge in [-0.3, -0.25) is 0 Å². The summed E-state index contributed by atoms with van der Waals surface area (Å²) in [5.41, 5.74) is 0. The minimum absolute atomic E-state index is 0. The molecule has 1 fully saturated rings. The van der Waals surface area contributed by atoms with E-state index in [1.807, 2.05) is 0 Å². The molecule has 278 valence electrons. The molecule has 2 nitrogen and oxygen atoms in total. The summed E-state index contributed by atoms with van der Waals surface area (Å²) in [5.74, 6) is 0. The van der Waals surface area contributed by atoms with Gasteiger partial charge in [-0.05, 0) is 25.7 Å². The van der Waals surface area contributed by atoms with Crippen molar-refractivity contribution in [2.24, 2.45) is 0 Å². The SMILES string of the molecule is CCCCCCCCCCCCCCCCCC[N+]1(C)CCC[N+](C)(CCCCCCCCCCCCCCCCCC)CC1.[I-]. The molecule has 1 aliphatic heterocycles. The summed E-state index contributed by atoms with van der Waals surface area (Å²) < 4.78 is 2.71. The van der Waals surface area contributed by atoms with Crippen molar-refractivity contribution in [2.75, 3.05) is 53.4 Å². The Kier molecular flexibility index (Phi) is 34.6. The fourth-order valence-corrected chi connectivity index (χ4v) is 8.07. The van der Waals surface area contributed by atoms with Gasteiger partial charge in [0.25, 0.3) is 0 Å². The lowest BCUT2D eigenvalue weighted by atomic mass is 10.0. The molecule has 1 aliphatic rings. The zero-order chi connectivity index (χ0) is 32.6. The summed E-state index contributed by atoms with van der Waals surface area (Å²) in [5, 5.41) is 0. The van der Waals surface area contributed by atoms with Crippen LogP contribution in [0.25, 0.3) is 0 Å². The molecule has 0 N–H and O–H groups in total. The number of unbranched alkanes of at least 4 members (excludes halogenated alkanes) is 30. The lowest BCUT2D eigenvalue weighted by Crippen LogP contribution is -3.00. The number of quaternary nitrogens is 2. The van der Waals surface area contributed by atoms with Crippen LogP contribution in [0, 0.1) is 0 Å². The van der Waals surface area contributed by atoms with Gasteiger partial charge in [0.15, 0.2) is 0 Å². The van der Waals surface area contributed by atoms with Crippen molar-refractivity contribution >= 4 is 0 Å². The van der Waals surface area contributed by atoms with Crippen LogP contribution < -0.4 is 24.0 Å². The molecule has 2 unspecified atom stereocenters. The highest BCUT2D eigenvalue weighted by atomic mass is 127. The summed E-state index contributed by atoms with van der Waals surface area (Å²) in [7, 11) is 5.16. The molecule has 0 aromatic carbocycles. The van der Waals surface area contributed by atoms with Crippen LogP contribution in [0.4, 0.5) is 0 Å². The van der Waals surface area contributed by atoms with Crippen molar-refractivity contribution in [3.8, 4) is 0 Å². The third kappa shape index (κ3) is 29.6. The van der Waals surface area contributed by atoms with E-state index in [1.54, 1.807) is 0 Å². The summed E-state index contributed by atoms with van der Waals surface area (Å²) in [6.07, 6.45) is 48.5. The number of rotatable bonds is 34. The number of likely N-dealkylation sites (N-methyl/N-ethyl adjacent to an activating group) is 2. The third-order valence-corrected chi connectivity index (χ3v) is 11.7. The Bertz CT molecular complexity index is 547. The van der Waals surface area contributed by atoms with Gasteiger partial charge in [0, 0.05) is 6.42 Å². The molecule has 0 bridgehead atoms. The Labute approximate surface area is 310 Å². The first kappa shape index (κ1) is 46.6. The summed E-state index contributed by atoms with van der Waals surface area (Å²) in [4.78, 5) is 0. The molecule has 1 saturated heterocycles. The van der Waals surface area contributed by atoms with E-state index in [1.165, 1.54) is 260 Å². The van der Waals surface area contributed by atoms with Gasteiger partial charge in [-0.1, -0.05) is 194 Å². The molecule has 3 heteroatoms. The largest absolute Gasteiger partial charge is 1.00 e. The van der Waals surface area contributed by atoms with E-state index in [2.05, 4.69) is 27.9 Å². The van der Waals surface area contributed by atoms with Crippen molar-refractivity contribution < 1.29 is 32.9 Å². The molecule has 0 saturated carbocycles. The second kappa shape index (κ2) is 34.1. The standard InChI is InChI=1S/C43H90N2.HI/c1-5-7-9-11-13-15-17-19-21-23-25-27-29-31-33-35-38-44(3)40-37-41-45(4,43-42-44)39-36-34-32-30-28-26-24-22-20-18-16-14-12-10-8-6-2;/h5-43H2,1-4H3;1H/q+2;/p-1. The van der Waals surface area contributed by atoms with Crippen LogP contribution >= 0.6 is 0 Å². The average molecular weight is 762 g/mol. The quantitative estimate of drug-likeness (QED) is 0.0348. The highest BCUT2D eigenvalue weighted by Gasteiger charge is 2.32. The summed E-state index contributed by atoms with van der Waals surface area (Å²) in [6.45, 7) is 13.1. The molecule has 1 rings (SSSR count). The van der Waals surface area contributed by atoms with Crippen LogP contribution in [-0.2, 0) is 0 Å². The zero-order valence-electron chi connectivity index (χ0n) is 32.8. The lowest BCUT2D eigenvalue weighted by Gasteiger charge is -2.35. The van der Waals surface area contributed by atoms with E-state index in [0.29, 0.717) is 0 Å². The van der Waals surface area contributed by atoms with Crippen molar-refractivity contribution in [3.63, 3.8) is 0 Å². The molecular formula is C43H90IN2+. The van der Waals surface area contributed by atoms with Crippen LogP contribution in [0.3, 0.4) is 0 Å². The Morgan fingerprint density at radius 1 is 0.283 bits per heavy atom. The first-order valence-corrected chi connectivity index (χ1v) is 21.7. The molecule has 1 heterocycles. The summed E-state index contributed by atoms with van der Waals surface area (Å²) in [6, 6.07) is 0. The average Bonchev–Trinajstić information content (AvgIpc) is 3.18. The Morgan fingerprint density at radius 2 is 0.478 bits per heavy atom. The maximum absolute atomic E-state index is 2.58. The highest BCUT2D eigenvalue weighted by molar-refractivity contribution is 4.55. The molecule has 0 aromatic rings. The van der Waals surface area contributed by atoms with Crippen LogP contribution in [0.15, 0.2) is 0 Å². The van der Waals surface area contributed by atoms with Crippen molar-refractivity contribution in [1.82, 2.24) is 0 Å². The van der Waals surface area contributed by atoms with E-state index in [0.717, 1.165) is 0 Å². The van der Waals surface area contributed by atoms with Gasteiger partial charge in [-0.2, -0.15) is 0 Å². The third-order valence-electron chi connectivity index (χ3n) is 11.7. The van der Waals surface area contributed by atoms with E-state index >= 15 is 0 Å². The molecule has 0 amide bonds. The van der Waals surface area contributed by atoms with Gasteiger partial charge in [-0.25, -0.2) is 0 Å². The van der Waals surface area contributed by atoms with Gasteiger partial charge in [0.2, 0.25) is 0 Å². The summed E-state index contributed by atoms with van der Waals surface area (Å²) >= 11 is 0. The maximum Gasteiger partial charge on any atom is 0.128 e. The minimum Gasteiger partial charge on any atom is -1.00 e. The minimum atomic E-state index is 0. The van der Waals surface area contributed by atoms with Crippen LogP contribution in [-0.4, -0.2) is 62.3 Å². The maximum atomic E-state index is 2.58. The van der Waals surface area contributed by atoms with Gasteiger partial charge in [0.1, 0.15) is 13.1 Å². The highest BCUT2D eigenvalue weighted by Crippen LogP contribution is 2.20. The molecule has 46 heavy (non-hydrogen) atoms. The van der Waals surface area contributed by atoms with E-state index in [4.69, 9.17) is 0 Å². The van der Waals surface area contributed by atoms with Crippen LogP contribution in [0.1, 0.15) is 226 Å². The van der Waals surface area contributed by atoms with Crippen LogP contribution in [0.2, 0.25) is 0 Å².